The first-order valence-electron chi connectivity index (χ1n) is 6.26. The Morgan fingerprint density at radius 2 is 1.89 bits per heavy atom. The molecule has 18 heavy (non-hydrogen) atoms. The molecule has 1 heterocycles. The Hall–Kier alpha value is -0.860. The molecule has 1 unspecified atom stereocenters. The molecule has 2 aromatic carbocycles. The zero-order valence-corrected chi connectivity index (χ0v) is 12.1. The van der Waals surface area contributed by atoms with Gasteiger partial charge in [0.25, 0.3) is 0 Å². The van der Waals surface area contributed by atoms with Gasteiger partial charge < -0.3 is 0 Å². The van der Waals surface area contributed by atoms with Gasteiger partial charge in [-0.3, -0.25) is 0 Å². The summed E-state index contributed by atoms with van der Waals surface area (Å²) in [5, 5.41) is 0.729. The normalized spacial score (nSPS) is 17.7. The molecule has 0 saturated carbocycles. The number of fused-ring (bicyclic) bond motifs is 1. The van der Waals surface area contributed by atoms with Crippen LogP contribution in [-0.4, -0.2) is 11.0 Å². The van der Waals surface area contributed by atoms with E-state index in [2.05, 4.69) is 55.5 Å². The third kappa shape index (κ3) is 2.60. The van der Waals surface area contributed by atoms with Crippen molar-refractivity contribution in [1.82, 2.24) is 0 Å². The second-order valence-electron chi connectivity index (χ2n) is 4.63. The summed E-state index contributed by atoms with van der Waals surface area (Å²) in [7, 11) is 0. The van der Waals surface area contributed by atoms with Crippen molar-refractivity contribution >= 4 is 23.5 Å². The molecule has 0 spiro atoms. The van der Waals surface area contributed by atoms with Gasteiger partial charge in [0.15, 0.2) is 0 Å². The van der Waals surface area contributed by atoms with E-state index in [-0.39, 0.29) is 0 Å². The summed E-state index contributed by atoms with van der Waals surface area (Å²) in [6, 6.07) is 17.5. The van der Waals surface area contributed by atoms with E-state index >= 15 is 0 Å². The third-order valence-electron chi connectivity index (χ3n) is 3.23. The first-order valence-corrected chi connectivity index (χ1v) is 8.12. The number of rotatable bonds is 3. The predicted molar refractivity (Wildman–Crippen MR) is 81.7 cm³/mol. The number of aryl methyl sites for hydroxylation is 1. The van der Waals surface area contributed by atoms with Crippen LogP contribution in [0.25, 0.3) is 0 Å². The van der Waals surface area contributed by atoms with Crippen molar-refractivity contribution in [3.05, 3.63) is 59.7 Å². The van der Waals surface area contributed by atoms with Crippen LogP contribution in [0.1, 0.15) is 11.1 Å². The maximum atomic E-state index is 2.26. The number of thioether (sulfide) groups is 2. The minimum atomic E-state index is 0.729. The molecule has 0 N–H and O–H groups in total. The molecule has 1 aliphatic heterocycles. The maximum absolute atomic E-state index is 2.26. The van der Waals surface area contributed by atoms with Crippen molar-refractivity contribution in [3.63, 3.8) is 0 Å². The smallest absolute Gasteiger partial charge is 0.0229 e. The summed E-state index contributed by atoms with van der Waals surface area (Å²) in [6.45, 7) is 2.19. The van der Waals surface area contributed by atoms with Crippen molar-refractivity contribution in [3.8, 4) is 0 Å². The van der Waals surface area contributed by atoms with Crippen molar-refractivity contribution < 1.29 is 0 Å². The van der Waals surface area contributed by atoms with Gasteiger partial charge >= 0.3 is 0 Å². The molecule has 0 amide bonds. The Labute approximate surface area is 117 Å². The Bertz CT molecular complexity index is 523. The second kappa shape index (κ2) is 5.41. The van der Waals surface area contributed by atoms with E-state index in [0.29, 0.717) is 0 Å². The molecular weight excluding hydrogens is 256 g/mol. The Morgan fingerprint density at radius 1 is 1.11 bits per heavy atom. The van der Waals surface area contributed by atoms with Gasteiger partial charge in [0, 0.05) is 20.8 Å². The maximum Gasteiger partial charge on any atom is 0.0229 e. The lowest BCUT2D eigenvalue weighted by atomic mass is 10.1. The Morgan fingerprint density at radius 3 is 2.72 bits per heavy atom. The first kappa shape index (κ1) is 12.2. The lowest BCUT2D eigenvalue weighted by molar-refractivity contribution is 0.970. The summed E-state index contributed by atoms with van der Waals surface area (Å²) in [4.78, 5) is 2.90. The van der Waals surface area contributed by atoms with E-state index < -0.39 is 0 Å². The van der Waals surface area contributed by atoms with E-state index in [4.69, 9.17) is 0 Å². The molecule has 1 atom stereocenters. The minimum absolute atomic E-state index is 0.729. The van der Waals surface area contributed by atoms with E-state index in [1.807, 2.05) is 23.5 Å². The molecule has 92 valence electrons. The molecule has 0 nitrogen and oxygen atoms in total. The van der Waals surface area contributed by atoms with Gasteiger partial charge in [-0.15, -0.1) is 23.5 Å². The monoisotopic (exact) mass is 272 g/mol. The van der Waals surface area contributed by atoms with E-state index in [1.54, 1.807) is 0 Å². The minimum Gasteiger partial charge on any atom is -0.125 e. The molecule has 0 fully saturated rings. The summed E-state index contributed by atoms with van der Waals surface area (Å²) < 4.78 is 0. The highest BCUT2D eigenvalue weighted by atomic mass is 32.2. The van der Waals surface area contributed by atoms with Crippen LogP contribution >= 0.6 is 23.5 Å². The Kier molecular flexibility index (Phi) is 3.67. The van der Waals surface area contributed by atoms with Crippen molar-refractivity contribution in [2.24, 2.45) is 0 Å². The average molecular weight is 272 g/mol. The fourth-order valence-corrected chi connectivity index (χ4v) is 4.76. The highest BCUT2D eigenvalue weighted by Crippen LogP contribution is 2.39. The van der Waals surface area contributed by atoms with E-state index in [1.165, 1.54) is 33.1 Å². The third-order valence-corrected chi connectivity index (χ3v) is 6.10. The molecular formula is C16H16S2. The average Bonchev–Trinajstić information content (AvgIpc) is 2.80. The van der Waals surface area contributed by atoms with E-state index in [0.717, 1.165) is 5.25 Å². The first-order chi connectivity index (χ1) is 8.83. The second-order valence-corrected chi connectivity index (χ2v) is 7.03. The van der Waals surface area contributed by atoms with E-state index in [9.17, 15) is 0 Å². The molecule has 0 bridgehead atoms. The summed E-state index contributed by atoms with van der Waals surface area (Å²) in [5.41, 5.74) is 2.92. The van der Waals surface area contributed by atoms with Gasteiger partial charge in [-0.1, -0.05) is 36.4 Å². The molecule has 2 heteroatoms. The highest BCUT2D eigenvalue weighted by molar-refractivity contribution is 8.03. The largest absolute Gasteiger partial charge is 0.125 e. The van der Waals surface area contributed by atoms with Crippen LogP contribution in [0.2, 0.25) is 0 Å². The molecule has 1 aliphatic rings. The van der Waals surface area contributed by atoms with Crippen LogP contribution in [0.15, 0.2) is 58.3 Å². The van der Waals surface area contributed by atoms with Gasteiger partial charge in [0.05, 0.1) is 0 Å². The summed E-state index contributed by atoms with van der Waals surface area (Å²) in [6.07, 6.45) is 1.22. The molecule has 0 radical (unpaired) electrons. The molecule has 0 saturated heterocycles. The van der Waals surface area contributed by atoms with Gasteiger partial charge in [0.1, 0.15) is 0 Å². The number of hydrogen-bond donors (Lipinski definition) is 0. The lowest BCUT2D eigenvalue weighted by Gasteiger charge is -2.09. The standard InChI is InChI=1S/C16H16S2/c1-12-6-2-4-8-15(12)17-11-14-10-13-7-3-5-9-16(13)18-14/h2-9,14H,10-11H2,1H3. The zero-order valence-electron chi connectivity index (χ0n) is 10.4. The SMILES string of the molecule is Cc1ccccc1SCC1Cc2ccccc2S1. The molecule has 0 aliphatic carbocycles. The predicted octanol–water partition coefficient (Wildman–Crippen LogP) is 4.80. The van der Waals surface area contributed by atoms with Gasteiger partial charge in [-0.05, 0) is 36.6 Å². The quantitative estimate of drug-likeness (QED) is 0.736. The van der Waals surface area contributed by atoms with Crippen molar-refractivity contribution in [2.75, 3.05) is 5.75 Å². The highest BCUT2D eigenvalue weighted by Gasteiger charge is 2.21. The van der Waals surface area contributed by atoms with Crippen LogP contribution in [0.4, 0.5) is 0 Å². The van der Waals surface area contributed by atoms with Crippen LogP contribution in [0.5, 0.6) is 0 Å². The summed E-state index contributed by atoms with van der Waals surface area (Å²) >= 11 is 4.03. The summed E-state index contributed by atoms with van der Waals surface area (Å²) in [5.74, 6) is 1.20. The topological polar surface area (TPSA) is 0 Å². The molecule has 0 aromatic heterocycles. The van der Waals surface area contributed by atoms with Crippen molar-refractivity contribution in [1.29, 1.82) is 0 Å². The van der Waals surface area contributed by atoms with Crippen LogP contribution < -0.4 is 0 Å². The molecule has 3 rings (SSSR count). The fraction of sp³-hybridized carbons (Fsp3) is 0.250. The lowest BCUT2D eigenvalue weighted by Crippen LogP contribution is -2.04. The van der Waals surface area contributed by atoms with Crippen LogP contribution in [-0.2, 0) is 6.42 Å². The fourth-order valence-electron chi connectivity index (χ4n) is 2.25. The van der Waals surface area contributed by atoms with Crippen LogP contribution in [0, 0.1) is 6.92 Å². The Balaban J connectivity index is 1.62. The number of benzene rings is 2. The van der Waals surface area contributed by atoms with Gasteiger partial charge in [-0.2, -0.15) is 0 Å². The number of hydrogen-bond acceptors (Lipinski definition) is 2. The molecule has 2 aromatic rings. The zero-order chi connectivity index (χ0) is 12.4. The van der Waals surface area contributed by atoms with Crippen LogP contribution in [0.3, 0.4) is 0 Å². The van der Waals surface area contributed by atoms with Gasteiger partial charge in [-0.25, -0.2) is 0 Å². The van der Waals surface area contributed by atoms with Crippen molar-refractivity contribution in [2.45, 2.75) is 28.4 Å². The van der Waals surface area contributed by atoms with Gasteiger partial charge in [0.2, 0.25) is 0 Å².